The van der Waals surface area contributed by atoms with E-state index in [4.69, 9.17) is 0 Å². The van der Waals surface area contributed by atoms with Crippen molar-refractivity contribution in [1.82, 2.24) is 14.9 Å². The molecule has 1 aromatic carbocycles. The monoisotopic (exact) mass is 341 g/mol. The van der Waals surface area contributed by atoms with Crippen LogP contribution >= 0.6 is 0 Å². The van der Waals surface area contributed by atoms with Crippen molar-refractivity contribution >= 4 is 22.7 Å². The van der Waals surface area contributed by atoms with Gasteiger partial charge in [-0.1, -0.05) is 26.8 Å². The average molecular weight is 341 g/mol. The third-order valence-electron chi connectivity index (χ3n) is 4.40. The van der Waals surface area contributed by atoms with Gasteiger partial charge in [-0.05, 0) is 42.9 Å². The molecule has 1 N–H and O–H groups in total. The number of rotatable bonds is 2. The smallest absolute Gasteiger partial charge is 0.262 e. The number of imide groups is 1. The molecule has 1 aliphatic heterocycles. The van der Waals surface area contributed by atoms with E-state index in [9.17, 15) is 14.4 Å². The Kier molecular flexibility index (Phi) is 4.22. The number of aromatic nitrogens is 2. The molecule has 1 saturated heterocycles. The number of carbonyl (C=O) groups is 2. The highest BCUT2D eigenvalue weighted by Crippen LogP contribution is 2.24. The van der Waals surface area contributed by atoms with Gasteiger partial charge in [0, 0.05) is 6.42 Å². The molecule has 1 unspecified atom stereocenters. The maximum atomic E-state index is 12.9. The van der Waals surface area contributed by atoms with Crippen LogP contribution in [0.5, 0.6) is 0 Å². The molecule has 25 heavy (non-hydrogen) atoms. The number of hydrogen-bond acceptors (Lipinski definition) is 4. The normalized spacial score (nSPS) is 18.5. The Balaban J connectivity index is 2.08. The number of carbonyl (C=O) groups excluding carboxylic acids is 2. The number of amides is 2. The molecule has 0 bridgehead atoms. The van der Waals surface area contributed by atoms with E-state index in [0.717, 1.165) is 12.0 Å². The summed E-state index contributed by atoms with van der Waals surface area (Å²) in [5.41, 5.74) is 1.68. The third-order valence-corrected chi connectivity index (χ3v) is 4.40. The summed E-state index contributed by atoms with van der Waals surface area (Å²) in [4.78, 5) is 41.0. The van der Waals surface area contributed by atoms with Crippen molar-refractivity contribution in [2.45, 2.75) is 53.0 Å². The highest BCUT2D eigenvalue weighted by atomic mass is 16.2. The Bertz CT molecular complexity index is 922. The Labute approximate surface area is 146 Å². The molecule has 0 saturated carbocycles. The summed E-state index contributed by atoms with van der Waals surface area (Å²) in [7, 11) is 0. The molecule has 0 aliphatic carbocycles. The summed E-state index contributed by atoms with van der Waals surface area (Å²) in [6.45, 7) is 8.21. The fraction of sp³-hybridized carbons (Fsp3) is 0.474. The highest BCUT2D eigenvalue weighted by Gasteiger charge is 2.30. The molecular formula is C19H23N3O3. The average Bonchev–Trinajstić information content (AvgIpc) is 2.47. The lowest BCUT2D eigenvalue weighted by Crippen LogP contribution is -2.45. The number of benzene rings is 1. The van der Waals surface area contributed by atoms with Gasteiger partial charge in [0.05, 0.1) is 10.9 Å². The highest BCUT2D eigenvalue weighted by molar-refractivity contribution is 5.99. The lowest BCUT2D eigenvalue weighted by Gasteiger charge is -2.24. The van der Waals surface area contributed by atoms with Crippen LogP contribution in [0.1, 0.15) is 51.0 Å². The van der Waals surface area contributed by atoms with Crippen molar-refractivity contribution in [3.05, 3.63) is 39.9 Å². The summed E-state index contributed by atoms with van der Waals surface area (Å²) in [5.74, 6) is -0.251. The Morgan fingerprint density at radius 2 is 1.96 bits per heavy atom. The first-order valence-electron chi connectivity index (χ1n) is 8.51. The molecule has 2 amide bonds. The first-order chi connectivity index (χ1) is 11.7. The second kappa shape index (κ2) is 6.10. The van der Waals surface area contributed by atoms with Gasteiger partial charge in [0.2, 0.25) is 11.8 Å². The van der Waals surface area contributed by atoms with Gasteiger partial charge < -0.3 is 0 Å². The Morgan fingerprint density at radius 1 is 1.24 bits per heavy atom. The molecule has 1 fully saturated rings. The lowest BCUT2D eigenvalue weighted by atomic mass is 9.88. The number of nitrogens with zero attached hydrogens (tertiary/aromatic N) is 2. The van der Waals surface area contributed by atoms with Crippen LogP contribution in [-0.2, 0) is 16.0 Å². The zero-order chi connectivity index (χ0) is 18.4. The number of hydrogen-bond donors (Lipinski definition) is 1. The van der Waals surface area contributed by atoms with E-state index in [1.54, 1.807) is 13.0 Å². The molecule has 0 spiro atoms. The van der Waals surface area contributed by atoms with Crippen LogP contribution < -0.4 is 10.9 Å². The van der Waals surface area contributed by atoms with Crippen LogP contribution in [0, 0.1) is 12.3 Å². The van der Waals surface area contributed by atoms with Gasteiger partial charge in [0.25, 0.3) is 5.56 Å². The minimum absolute atomic E-state index is 0.143. The predicted molar refractivity (Wildman–Crippen MR) is 95.3 cm³/mol. The molecule has 2 aromatic rings. The molecule has 3 rings (SSSR count). The first kappa shape index (κ1) is 17.3. The maximum Gasteiger partial charge on any atom is 0.262 e. The van der Waals surface area contributed by atoms with E-state index in [1.165, 1.54) is 4.57 Å². The van der Waals surface area contributed by atoms with Crippen molar-refractivity contribution in [3.8, 4) is 0 Å². The molecule has 132 valence electrons. The fourth-order valence-corrected chi connectivity index (χ4v) is 3.37. The molecule has 2 heterocycles. The van der Waals surface area contributed by atoms with E-state index >= 15 is 0 Å². The van der Waals surface area contributed by atoms with E-state index in [2.05, 4.69) is 31.1 Å². The summed E-state index contributed by atoms with van der Waals surface area (Å²) < 4.78 is 1.41. The van der Waals surface area contributed by atoms with Crippen LogP contribution in [0.25, 0.3) is 10.9 Å². The zero-order valence-corrected chi connectivity index (χ0v) is 15.0. The molecule has 6 nitrogen and oxygen atoms in total. The van der Waals surface area contributed by atoms with E-state index in [1.807, 2.05) is 12.1 Å². The van der Waals surface area contributed by atoms with Crippen LogP contribution in [0.4, 0.5) is 0 Å². The SMILES string of the molecule is Cc1nc2cc(CC(C)(C)C)ccc2c(=O)n1C1CCC(=O)NC1=O. The van der Waals surface area contributed by atoms with E-state index < -0.39 is 11.9 Å². The van der Waals surface area contributed by atoms with Gasteiger partial charge in [-0.3, -0.25) is 24.3 Å². The molecule has 1 atom stereocenters. The quantitative estimate of drug-likeness (QED) is 0.850. The van der Waals surface area contributed by atoms with Gasteiger partial charge in [-0.15, -0.1) is 0 Å². The standard InChI is InChI=1S/C19H23N3O3/c1-11-20-14-9-12(10-19(2,3)4)5-6-13(14)18(25)22(11)15-7-8-16(23)21-17(15)24/h5-6,9,15H,7-8,10H2,1-4H3,(H,21,23,24). The molecule has 6 heteroatoms. The minimum Gasteiger partial charge on any atom is -0.295 e. The maximum absolute atomic E-state index is 12.9. The number of aryl methyl sites for hydroxylation is 1. The van der Waals surface area contributed by atoms with Crippen LogP contribution in [0.2, 0.25) is 0 Å². The second-order valence-electron chi connectivity index (χ2n) is 7.89. The van der Waals surface area contributed by atoms with Crippen molar-refractivity contribution in [2.75, 3.05) is 0 Å². The van der Waals surface area contributed by atoms with Gasteiger partial charge in [-0.2, -0.15) is 0 Å². The topological polar surface area (TPSA) is 81.1 Å². The largest absolute Gasteiger partial charge is 0.295 e. The molecule has 1 aliphatic rings. The fourth-order valence-electron chi connectivity index (χ4n) is 3.37. The van der Waals surface area contributed by atoms with E-state index in [0.29, 0.717) is 23.1 Å². The first-order valence-corrected chi connectivity index (χ1v) is 8.51. The Morgan fingerprint density at radius 3 is 2.60 bits per heavy atom. The van der Waals surface area contributed by atoms with Crippen molar-refractivity contribution in [3.63, 3.8) is 0 Å². The van der Waals surface area contributed by atoms with Crippen LogP contribution in [0.3, 0.4) is 0 Å². The van der Waals surface area contributed by atoms with Gasteiger partial charge in [-0.25, -0.2) is 4.98 Å². The number of fused-ring (bicyclic) bond motifs is 1. The molecular weight excluding hydrogens is 318 g/mol. The van der Waals surface area contributed by atoms with Crippen molar-refractivity contribution < 1.29 is 9.59 Å². The predicted octanol–water partition coefficient (Wildman–Crippen LogP) is 2.27. The zero-order valence-electron chi connectivity index (χ0n) is 15.0. The summed E-state index contributed by atoms with van der Waals surface area (Å²) >= 11 is 0. The minimum atomic E-state index is -0.684. The number of piperidine rings is 1. The molecule has 0 radical (unpaired) electrons. The van der Waals surface area contributed by atoms with Gasteiger partial charge >= 0.3 is 0 Å². The Hall–Kier alpha value is -2.50. The van der Waals surface area contributed by atoms with Gasteiger partial charge in [0.15, 0.2) is 0 Å². The van der Waals surface area contributed by atoms with Gasteiger partial charge in [0.1, 0.15) is 11.9 Å². The van der Waals surface area contributed by atoms with Crippen molar-refractivity contribution in [1.29, 1.82) is 0 Å². The van der Waals surface area contributed by atoms with Crippen LogP contribution in [-0.4, -0.2) is 21.4 Å². The third kappa shape index (κ3) is 3.48. The van der Waals surface area contributed by atoms with Crippen molar-refractivity contribution in [2.24, 2.45) is 5.41 Å². The summed E-state index contributed by atoms with van der Waals surface area (Å²) in [6, 6.07) is 4.99. The lowest BCUT2D eigenvalue weighted by molar-refractivity contribution is -0.135. The second-order valence-corrected chi connectivity index (χ2v) is 7.89. The summed E-state index contributed by atoms with van der Waals surface area (Å²) in [6.07, 6.45) is 1.44. The summed E-state index contributed by atoms with van der Waals surface area (Å²) in [5, 5.41) is 2.79. The van der Waals surface area contributed by atoms with E-state index in [-0.39, 0.29) is 23.3 Å². The molecule has 1 aromatic heterocycles. The number of nitrogens with one attached hydrogen (secondary N) is 1. The van der Waals surface area contributed by atoms with Crippen LogP contribution in [0.15, 0.2) is 23.0 Å².